The van der Waals surface area contributed by atoms with E-state index >= 15 is 0 Å². The first-order valence-corrected chi connectivity index (χ1v) is 20.1. The Bertz CT molecular complexity index is 2010. The number of hydrogen-bond donors (Lipinski definition) is 0. The standard InChI is InChI=1S/C39H36N3O6P3/c1-31-19-25-35(26-20-31)43-41-49(45-36-27-21-32(2)22-28-36)40-51(47-38-15-9-5-10-16-38,48-39-17-11-6-12-18-39)42(44-34-13-7-4-8-14-34)50(41)46-37-29-23-33(3)24-30-37/h4-30H,1-3H3. The zero-order valence-corrected chi connectivity index (χ0v) is 30.9. The number of hydrogen-bond acceptors (Lipinski definition) is 9. The third-order valence-corrected chi connectivity index (χ3v) is 14.2. The summed E-state index contributed by atoms with van der Waals surface area (Å²) in [6.45, 7) is 6.08. The van der Waals surface area contributed by atoms with E-state index < -0.39 is 24.6 Å². The minimum atomic E-state index is -3.74. The SMILES string of the molecule is Cc1ccc(ON2P(Oc3ccc(C)cc3)N=P(Oc3ccccc3)(Oc3ccccc3)N(Oc3ccccc3)P2Oc2ccc(C)cc2)cc1. The van der Waals surface area contributed by atoms with Crippen LogP contribution >= 0.6 is 24.6 Å². The largest absolute Gasteiger partial charge is 0.447 e. The molecule has 1 aliphatic rings. The minimum Gasteiger partial charge on any atom is -0.440 e. The van der Waals surface area contributed by atoms with Gasteiger partial charge < -0.3 is 27.8 Å². The summed E-state index contributed by atoms with van der Waals surface area (Å²) < 4.78 is 36.1. The van der Waals surface area contributed by atoms with Gasteiger partial charge in [-0.2, -0.15) is 0 Å². The highest BCUT2D eigenvalue weighted by molar-refractivity contribution is 7.78. The number of nitrogens with zero attached hydrogens (tertiary/aromatic N) is 3. The summed E-state index contributed by atoms with van der Waals surface area (Å²) in [5.41, 5.74) is 3.27. The Morgan fingerprint density at radius 3 is 1.29 bits per heavy atom. The van der Waals surface area contributed by atoms with Crippen molar-refractivity contribution in [2.45, 2.75) is 20.8 Å². The third kappa shape index (κ3) is 8.72. The van der Waals surface area contributed by atoms with Gasteiger partial charge >= 0.3 is 24.6 Å². The molecule has 258 valence electrons. The summed E-state index contributed by atoms with van der Waals surface area (Å²) in [5, 5.41) is 0. The zero-order chi connectivity index (χ0) is 35.0. The molecule has 0 amide bonds. The van der Waals surface area contributed by atoms with Crippen molar-refractivity contribution < 1.29 is 27.8 Å². The molecule has 0 N–H and O–H groups in total. The molecule has 0 saturated heterocycles. The fourth-order valence-corrected chi connectivity index (χ4v) is 12.2. The molecule has 0 spiro atoms. The van der Waals surface area contributed by atoms with Gasteiger partial charge in [0, 0.05) is 9.21 Å². The Morgan fingerprint density at radius 1 is 0.431 bits per heavy atom. The first kappa shape index (κ1) is 34.6. The summed E-state index contributed by atoms with van der Waals surface area (Å²) in [7, 11) is -7.93. The van der Waals surface area contributed by atoms with Gasteiger partial charge in [-0.3, -0.25) is 0 Å². The van der Waals surface area contributed by atoms with Gasteiger partial charge in [0.05, 0.1) is 0 Å². The first-order chi connectivity index (χ1) is 24.9. The molecule has 6 aromatic carbocycles. The van der Waals surface area contributed by atoms with Crippen molar-refractivity contribution in [1.29, 1.82) is 0 Å². The van der Waals surface area contributed by atoms with Crippen LogP contribution in [-0.4, -0.2) is 9.21 Å². The van der Waals surface area contributed by atoms with Crippen molar-refractivity contribution in [3.05, 3.63) is 180 Å². The van der Waals surface area contributed by atoms with Gasteiger partial charge in [0.25, 0.3) is 0 Å². The van der Waals surface area contributed by atoms with E-state index in [4.69, 9.17) is 32.3 Å². The van der Waals surface area contributed by atoms with Gasteiger partial charge in [-0.1, -0.05) is 108 Å². The second-order valence-electron chi connectivity index (χ2n) is 11.5. The Kier molecular flexibility index (Phi) is 10.8. The highest BCUT2D eigenvalue weighted by Gasteiger charge is 2.58. The lowest BCUT2D eigenvalue weighted by Gasteiger charge is -2.43. The first-order valence-electron chi connectivity index (χ1n) is 16.2. The molecule has 6 aromatic rings. The number of aryl methyl sites for hydroxylation is 3. The Hall–Kier alpha value is -4.87. The van der Waals surface area contributed by atoms with Gasteiger partial charge in [0.15, 0.2) is 0 Å². The monoisotopic (exact) mass is 735 g/mol. The molecule has 0 radical (unpaired) electrons. The average molecular weight is 736 g/mol. The van der Waals surface area contributed by atoms with Gasteiger partial charge in [-0.25, -0.2) is 0 Å². The predicted octanol–water partition coefficient (Wildman–Crippen LogP) is 12.2. The average Bonchev–Trinajstić information content (AvgIpc) is 3.15. The molecule has 7 rings (SSSR count). The Labute approximate surface area is 301 Å². The van der Waals surface area contributed by atoms with Crippen LogP contribution in [0, 0.1) is 20.8 Å². The molecule has 2 unspecified atom stereocenters. The van der Waals surface area contributed by atoms with Crippen LogP contribution in [0.2, 0.25) is 0 Å². The lowest BCUT2D eigenvalue weighted by Crippen LogP contribution is -2.37. The van der Waals surface area contributed by atoms with Gasteiger partial charge in [0.2, 0.25) is 0 Å². The van der Waals surface area contributed by atoms with E-state index in [0.29, 0.717) is 34.5 Å². The number of benzene rings is 6. The maximum Gasteiger partial charge on any atom is 0.447 e. The van der Waals surface area contributed by atoms with Crippen LogP contribution in [0.25, 0.3) is 0 Å². The van der Waals surface area contributed by atoms with Crippen molar-refractivity contribution in [2.24, 2.45) is 4.52 Å². The van der Waals surface area contributed by atoms with E-state index in [1.54, 1.807) is 9.21 Å². The summed E-state index contributed by atoms with van der Waals surface area (Å²) in [4.78, 5) is 13.5. The lowest BCUT2D eigenvalue weighted by molar-refractivity contribution is 0.0545. The third-order valence-electron chi connectivity index (χ3n) is 7.33. The number of para-hydroxylation sites is 3. The maximum atomic E-state index is 6.93. The minimum absolute atomic E-state index is 0.520. The Balaban J connectivity index is 1.47. The summed E-state index contributed by atoms with van der Waals surface area (Å²) in [6, 6.07) is 51.6. The van der Waals surface area contributed by atoms with Crippen molar-refractivity contribution in [3.63, 3.8) is 0 Å². The second kappa shape index (κ2) is 16.0. The normalized spacial score (nSPS) is 17.1. The molecule has 0 saturated carbocycles. The van der Waals surface area contributed by atoms with Crippen LogP contribution in [0.3, 0.4) is 0 Å². The summed E-state index contributed by atoms with van der Waals surface area (Å²) in [5.74, 6) is 3.30. The van der Waals surface area contributed by atoms with Crippen LogP contribution in [0.4, 0.5) is 0 Å². The molecule has 0 fully saturated rings. The second-order valence-corrected chi connectivity index (χ2v) is 17.0. The fraction of sp³-hybridized carbons (Fsp3) is 0.0769. The van der Waals surface area contributed by atoms with Crippen LogP contribution in [0.1, 0.15) is 16.7 Å². The fourth-order valence-electron chi connectivity index (χ4n) is 4.69. The summed E-state index contributed by atoms with van der Waals surface area (Å²) >= 11 is 0. The molecular weight excluding hydrogens is 699 g/mol. The molecule has 0 aromatic heterocycles. The highest BCUT2D eigenvalue weighted by Crippen LogP contribution is 2.77. The molecular formula is C39H36N3O6P3. The number of rotatable bonds is 12. The predicted molar refractivity (Wildman–Crippen MR) is 203 cm³/mol. The molecule has 0 bridgehead atoms. The molecule has 0 aliphatic carbocycles. The lowest BCUT2D eigenvalue weighted by atomic mass is 10.2. The van der Waals surface area contributed by atoms with E-state index in [0.717, 1.165) is 16.7 Å². The van der Waals surface area contributed by atoms with Crippen molar-refractivity contribution in [1.82, 2.24) is 9.21 Å². The van der Waals surface area contributed by atoms with E-state index in [1.807, 2.05) is 185 Å². The maximum absolute atomic E-state index is 6.93. The van der Waals surface area contributed by atoms with Crippen molar-refractivity contribution in [3.8, 4) is 34.5 Å². The molecule has 9 nitrogen and oxygen atoms in total. The van der Waals surface area contributed by atoms with Crippen molar-refractivity contribution in [2.75, 3.05) is 0 Å². The van der Waals surface area contributed by atoms with Gasteiger partial charge in [-0.05, 0) is 93.6 Å². The van der Waals surface area contributed by atoms with Gasteiger partial charge in [-0.15, -0.1) is 4.52 Å². The topological polar surface area (TPSA) is 74.2 Å². The molecule has 12 heteroatoms. The van der Waals surface area contributed by atoms with Crippen molar-refractivity contribution >= 4 is 24.6 Å². The van der Waals surface area contributed by atoms with E-state index in [1.165, 1.54) is 0 Å². The smallest absolute Gasteiger partial charge is 0.440 e. The molecule has 51 heavy (non-hydrogen) atoms. The van der Waals surface area contributed by atoms with Crippen LogP contribution in [-0.2, 0) is 0 Å². The van der Waals surface area contributed by atoms with E-state index in [9.17, 15) is 0 Å². The van der Waals surface area contributed by atoms with E-state index in [-0.39, 0.29) is 0 Å². The van der Waals surface area contributed by atoms with E-state index in [2.05, 4.69) is 0 Å². The van der Waals surface area contributed by atoms with Crippen LogP contribution in [0.5, 0.6) is 34.5 Å². The van der Waals surface area contributed by atoms with Crippen LogP contribution < -0.4 is 27.8 Å². The quantitative estimate of drug-likeness (QED) is 0.115. The highest BCUT2D eigenvalue weighted by atomic mass is 31.3. The van der Waals surface area contributed by atoms with Gasteiger partial charge in [0.1, 0.15) is 34.5 Å². The summed E-state index contributed by atoms with van der Waals surface area (Å²) in [6.07, 6.45) is 0. The zero-order valence-electron chi connectivity index (χ0n) is 28.2. The Morgan fingerprint density at radius 2 is 0.824 bits per heavy atom. The molecule has 1 aliphatic heterocycles. The van der Waals surface area contributed by atoms with Crippen LogP contribution in [0.15, 0.2) is 168 Å². The molecule has 2 atom stereocenters. The molecule has 1 heterocycles.